The number of halogens is 1. The third kappa shape index (κ3) is 4.94. The van der Waals surface area contributed by atoms with Gasteiger partial charge in [-0.2, -0.15) is 0 Å². The molecular weight excluding hydrogens is 324 g/mol. The molecule has 3 rings (SSSR count). The van der Waals surface area contributed by atoms with Crippen molar-refractivity contribution in [3.63, 3.8) is 0 Å². The summed E-state index contributed by atoms with van der Waals surface area (Å²) in [6, 6.07) is 14.0. The lowest BCUT2D eigenvalue weighted by atomic mass is 10.2. The fourth-order valence-corrected chi connectivity index (χ4v) is 2.77. The minimum atomic E-state index is 0. The monoisotopic (exact) mass is 346 g/mol. The number of hydrogen-bond donors (Lipinski definition) is 1. The molecule has 0 atom stereocenters. The van der Waals surface area contributed by atoms with Gasteiger partial charge in [0.15, 0.2) is 0 Å². The predicted octanol–water partition coefficient (Wildman–Crippen LogP) is 1.94. The molecule has 0 radical (unpaired) electrons. The standard InChI is InChI=1S/C18H22N4O.ClH/c23-18(21-11-9-19-10-12-21)15-22(17-6-2-1-3-7-17)14-16-5-4-8-20-13-16;/h1-8,13,19H,9-12,14-15H2;1H. The molecule has 1 fully saturated rings. The highest BCUT2D eigenvalue weighted by Gasteiger charge is 2.19. The average Bonchev–Trinajstić information content (AvgIpc) is 2.63. The molecule has 24 heavy (non-hydrogen) atoms. The van der Waals surface area contributed by atoms with Gasteiger partial charge >= 0.3 is 0 Å². The van der Waals surface area contributed by atoms with Gasteiger partial charge in [-0.3, -0.25) is 9.78 Å². The van der Waals surface area contributed by atoms with Crippen molar-refractivity contribution in [3.8, 4) is 0 Å². The van der Waals surface area contributed by atoms with Crippen molar-refractivity contribution < 1.29 is 4.79 Å². The molecular formula is C18H23ClN4O. The number of nitrogens with zero attached hydrogens (tertiary/aromatic N) is 3. The van der Waals surface area contributed by atoms with Gasteiger partial charge in [0.2, 0.25) is 5.91 Å². The van der Waals surface area contributed by atoms with Crippen molar-refractivity contribution in [1.29, 1.82) is 0 Å². The summed E-state index contributed by atoms with van der Waals surface area (Å²) in [5.74, 6) is 0.180. The second-order valence-electron chi connectivity index (χ2n) is 5.68. The molecule has 5 nitrogen and oxygen atoms in total. The second kappa shape index (κ2) is 9.25. The summed E-state index contributed by atoms with van der Waals surface area (Å²) >= 11 is 0. The first-order valence-electron chi connectivity index (χ1n) is 8.00. The van der Waals surface area contributed by atoms with Gasteiger partial charge < -0.3 is 15.1 Å². The van der Waals surface area contributed by atoms with Crippen molar-refractivity contribution >= 4 is 24.0 Å². The zero-order chi connectivity index (χ0) is 15.9. The van der Waals surface area contributed by atoms with E-state index in [0.717, 1.165) is 37.4 Å². The number of aromatic nitrogens is 1. The van der Waals surface area contributed by atoms with Crippen LogP contribution in [-0.2, 0) is 11.3 Å². The summed E-state index contributed by atoms with van der Waals surface area (Å²) in [6.07, 6.45) is 3.62. The number of nitrogens with one attached hydrogen (secondary N) is 1. The van der Waals surface area contributed by atoms with Crippen LogP contribution < -0.4 is 10.2 Å². The number of amides is 1. The van der Waals surface area contributed by atoms with Gasteiger partial charge in [-0.25, -0.2) is 0 Å². The number of rotatable bonds is 5. The Labute approximate surface area is 149 Å². The highest BCUT2D eigenvalue weighted by atomic mass is 35.5. The minimum Gasteiger partial charge on any atom is -0.358 e. The maximum absolute atomic E-state index is 12.6. The fourth-order valence-electron chi connectivity index (χ4n) is 2.77. The van der Waals surface area contributed by atoms with Crippen molar-refractivity contribution in [1.82, 2.24) is 15.2 Å². The normalized spacial score (nSPS) is 13.9. The Hall–Kier alpha value is -2.11. The summed E-state index contributed by atoms with van der Waals surface area (Å²) < 4.78 is 0. The molecule has 0 bridgehead atoms. The van der Waals surface area contributed by atoms with Gasteiger partial charge in [-0.05, 0) is 23.8 Å². The van der Waals surface area contributed by atoms with E-state index in [0.29, 0.717) is 13.1 Å². The van der Waals surface area contributed by atoms with Crippen molar-refractivity contribution in [2.75, 3.05) is 37.6 Å². The summed E-state index contributed by atoms with van der Waals surface area (Å²) in [4.78, 5) is 20.8. The SMILES string of the molecule is Cl.O=C(CN(Cc1cccnc1)c1ccccc1)N1CCNCC1. The van der Waals surface area contributed by atoms with Gasteiger partial charge in [0.25, 0.3) is 0 Å². The summed E-state index contributed by atoms with van der Waals surface area (Å²) in [6.45, 7) is 4.39. The van der Waals surface area contributed by atoms with E-state index in [2.05, 4.69) is 15.2 Å². The lowest BCUT2D eigenvalue weighted by Gasteiger charge is -2.31. The Morgan fingerprint density at radius 3 is 2.54 bits per heavy atom. The zero-order valence-electron chi connectivity index (χ0n) is 13.6. The zero-order valence-corrected chi connectivity index (χ0v) is 14.4. The number of carbonyl (C=O) groups excluding carboxylic acids is 1. The lowest BCUT2D eigenvalue weighted by molar-refractivity contribution is -0.130. The van der Waals surface area contributed by atoms with Crippen LogP contribution in [0.25, 0.3) is 0 Å². The quantitative estimate of drug-likeness (QED) is 0.899. The van der Waals surface area contributed by atoms with Crippen LogP contribution >= 0.6 is 12.4 Å². The molecule has 1 saturated heterocycles. The van der Waals surface area contributed by atoms with E-state index < -0.39 is 0 Å². The fraction of sp³-hybridized carbons (Fsp3) is 0.333. The van der Waals surface area contributed by atoms with E-state index >= 15 is 0 Å². The van der Waals surface area contributed by atoms with Crippen LogP contribution in [0.3, 0.4) is 0 Å². The molecule has 1 N–H and O–H groups in total. The molecule has 1 aromatic carbocycles. The van der Waals surface area contributed by atoms with Crippen LogP contribution in [0.5, 0.6) is 0 Å². The Kier molecular flexibility index (Phi) is 7.03. The molecule has 1 aliphatic heterocycles. The molecule has 2 heterocycles. The molecule has 1 aliphatic rings. The highest BCUT2D eigenvalue weighted by Crippen LogP contribution is 2.16. The Bertz CT molecular complexity index is 617. The van der Waals surface area contributed by atoms with Gasteiger partial charge in [-0.1, -0.05) is 24.3 Å². The third-order valence-corrected chi connectivity index (χ3v) is 4.01. The maximum Gasteiger partial charge on any atom is 0.242 e. The first kappa shape index (κ1) is 18.2. The van der Waals surface area contributed by atoms with Crippen molar-refractivity contribution in [2.45, 2.75) is 6.54 Å². The van der Waals surface area contributed by atoms with Crippen LogP contribution in [0.15, 0.2) is 54.9 Å². The number of piperazine rings is 1. The maximum atomic E-state index is 12.6. The van der Waals surface area contributed by atoms with E-state index in [1.165, 1.54) is 0 Å². The van der Waals surface area contributed by atoms with E-state index in [-0.39, 0.29) is 18.3 Å². The van der Waals surface area contributed by atoms with Gasteiger partial charge in [0.1, 0.15) is 0 Å². The van der Waals surface area contributed by atoms with E-state index in [9.17, 15) is 4.79 Å². The van der Waals surface area contributed by atoms with Gasteiger partial charge in [-0.15, -0.1) is 12.4 Å². The minimum absolute atomic E-state index is 0. The third-order valence-electron chi connectivity index (χ3n) is 4.01. The molecule has 1 aromatic heterocycles. The molecule has 0 spiro atoms. The van der Waals surface area contributed by atoms with E-state index in [1.54, 1.807) is 6.20 Å². The number of anilines is 1. The first-order chi connectivity index (χ1) is 11.3. The molecule has 0 unspecified atom stereocenters. The topological polar surface area (TPSA) is 48.5 Å². The summed E-state index contributed by atoms with van der Waals surface area (Å²) in [5, 5.41) is 3.28. The first-order valence-corrected chi connectivity index (χ1v) is 8.00. The molecule has 1 amide bonds. The summed E-state index contributed by atoms with van der Waals surface area (Å²) in [7, 11) is 0. The van der Waals surface area contributed by atoms with Crippen molar-refractivity contribution in [2.24, 2.45) is 0 Å². The molecule has 6 heteroatoms. The lowest BCUT2D eigenvalue weighted by Crippen LogP contribution is -2.49. The Balaban J connectivity index is 0.00000208. The van der Waals surface area contributed by atoms with Crippen LogP contribution in [0.1, 0.15) is 5.56 Å². The van der Waals surface area contributed by atoms with E-state index in [4.69, 9.17) is 0 Å². The number of pyridine rings is 1. The largest absolute Gasteiger partial charge is 0.358 e. The van der Waals surface area contributed by atoms with Gasteiger partial charge in [0.05, 0.1) is 6.54 Å². The van der Waals surface area contributed by atoms with Crippen LogP contribution in [0.4, 0.5) is 5.69 Å². The molecule has 2 aromatic rings. The number of benzene rings is 1. The predicted molar refractivity (Wildman–Crippen MR) is 98.4 cm³/mol. The number of hydrogen-bond acceptors (Lipinski definition) is 4. The Morgan fingerprint density at radius 1 is 1.12 bits per heavy atom. The number of para-hydroxylation sites is 1. The molecule has 0 saturated carbocycles. The highest BCUT2D eigenvalue weighted by molar-refractivity contribution is 5.85. The average molecular weight is 347 g/mol. The second-order valence-corrected chi connectivity index (χ2v) is 5.68. The van der Waals surface area contributed by atoms with Crippen LogP contribution in [0, 0.1) is 0 Å². The smallest absolute Gasteiger partial charge is 0.242 e. The van der Waals surface area contributed by atoms with Crippen molar-refractivity contribution in [3.05, 3.63) is 60.4 Å². The van der Waals surface area contributed by atoms with Crippen LogP contribution in [-0.4, -0.2) is 48.5 Å². The summed E-state index contributed by atoms with van der Waals surface area (Å²) in [5.41, 5.74) is 2.16. The van der Waals surface area contributed by atoms with E-state index in [1.807, 2.05) is 53.6 Å². The molecule has 0 aliphatic carbocycles. The van der Waals surface area contributed by atoms with Crippen LogP contribution in [0.2, 0.25) is 0 Å². The molecule has 128 valence electrons. The number of carbonyl (C=O) groups is 1. The Morgan fingerprint density at radius 2 is 1.88 bits per heavy atom. The van der Waals surface area contributed by atoms with Gasteiger partial charge in [0, 0.05) is 50.8 Å².